The van der Waals surface area contributed by atoms with Crippen molar-refractivity contribution in [3.63, 3.8) is 0 Å². The Morgan fingerprint density at radius 3 is 2.78 bits per heavy atom. The quantitative estimate of drug-likeness (QED) is 0.723. The van der Waals surface area contributed by atoms with E-state index in [1.54, 1.807) is 26.5 Å². The van der Waals surface area contributed by atoms with Crippen molar-refractivity contribution in [2.24, 2.45) is 0 Å². The van der Waals surface area contributed by atoms with Crippen LogP contribution in [0.2, 0.25) is 0 Å². The van der Waals surface area contributed by atoms with E-state index in [9.17, 15) is 4.79 Å². The van der Waals surface area contributed by atoms with Gasteiger partial charge in [-0.25, -0.2) is 0 Å². The van der Waals surface area contributed by atoms with Crippen molar-refractivity contribution in [1.82, 2.24) is 19.7 Å². The molecule has 142 valence electrons. The van der Waals surface area contributed by atoms with E-state index in [0.717, 1.165) is 42.4 Å². The number of hydrogen-bond acceptors (Lipinski definition) is 5. The Labute approximate surface area is 157 Å². The maximum absolute atomic E-state index is 12.6. The smallest absolute Gasteiger partial charge is 0.252 e. The van der Waals surface area contributed by atoms with E-state index < -0.39 is 0 Å². The first-order chi connectivity index (χ1) is 13.2. The van der Waals surface area contributed by atoms with Crippen LogP contribution in [0.3, 0.4) is 0 Å². The Bertz CT molecular complexity index is 981. The van der Waals surface area contributed by atoms with Gasteiger partial charge in [-0.15, -0.1) is 0 Å². The van der Waals surface area contributed by atoms with E-state index in [2.05, 4.69) is 15.0 Å². The molecule has 1 saturated heterocycles. The summed E-state index contributed by atoms with van der Waals surface area (Å²) in [5.74, 6) is 1.26. The average Bonchev–Trinajstić information content (AvgIpc) is 3.34. The molecule has 1 atom stereocenters. The van der Waals surface area contributed by atoms with Crippen LogP contribution in [-0.4, -0.2) is 46.5 Å². The van der Waals surface area contributed by atoms with Gasteiger partial charge in [-0.2, -0.15) is 5.10 Å². The fourth-order valence-corrected chi connectivity index (χ4v) is 3.85. The Morgan fingerprint density at radius 2 is 2.04 bits per heavy atom. The fraction of sp³-hybridized carbons (Fsp3) is 0.400. The van der Waals surface area contributed by atoms with Gasteiger partial charge in [0, 0.05) is 42.0 Å². The Hall–Kier alpha value is -2.80. The first-order valence-electron chi connectivity index (χ1n) is 9.17. The highest BCUT2D eigenvalue weighted by Crippen LogP contribution is 2.31. The van der Waals surface area contributed by atoms with Crippen LogP contribution < -0.4 is 15.0 Å². The minimum absolute atomic E-state index is 0.0561. The SMILES string of the molecule is COc1cc2cc(CN3CCC[C@@H]3Cn3cccn3)c(=O)[nH]c2cc1OC. The largest absolute Gasteiger partial charge is 0.493 e. The summed E-state index contributed by atoms with van der Waals surface area (Å²) < 4.78 is 12.7. The number of H-pyrrole nitrogens is 1. The van der Waals surface area contributed by atoms with Gasteiger partial charge in [-0.1, -0.05) is 0 Å². The zero-order chi connectivity index (χ0) is 18.8. The molecule has 0 bridgehead atoms. The van der Waals surface area contributed by atoms with Crippen LogP contribution >= 0.6 is 0 Å². The number of methoxy groups -OCH3 is 2. The molecule has 3 heterocycles. The average molecular weight is 368 g/mol. The number of nitrogens with zero attached hydrogens (tertiary/aromatic N) is 3. The van der Waals surface area contributed by atoms with Gasteiger partial charge in [0.25, 0.3) is 5.56 Å². The molecule has 2 aromatic heterocycles. The lowest BCUT2D eigenvalue weighted by atomic mass is 10.1. The second kappa shape index (κ2) is 7.44. The van der Waals surface area contributed by atoms with Gasteiger partial charge in [-0.3, -0.25) is 14.4 Å². The Kier molecular flexibility index (Phi) is 4.85. The van der Waals surface area contributed by atoms with Crippen molar-refractivity contribution in [3.8, 4) is 11.5 Å². The lowest BCUT2D eigenvalue weighted by Crippen LogP contribution is -2.34. The molecule has 1 aliphatic rings. The number of aromatic amines is 1. The molecule has 0 amide bonds. The van der Waals surface area contributed by atoms with Crippen LogP contribution in [-0.2, 0) is 13.1 Å². The molecule has 0 aliphatic carbocycles. The molecule has 1 aliphatic heterocycles. The molecular weight excluding hydrogens is 344 g/mol. The number of aromatic nitrogens is 3. The zero-order valence-electron chi connectivity index (χ0n) is 15.6. The number of hydrogen-bond donors (Lipinski definition) is 1. The number of rotatable bonds is 6. The second-order valence-corrected chi connectivity index (χ2v) is 6.91. The standard InChI is InChI=1S/C20H24N4O3/c1-26-18-10-14-9-15(20(25)22-17(14)11-19(18)27-2)12-23-7-3-5-16(23)13-24-8-4-6-21-24/h4,6,8-11,16H,3,5,7,12-13H2,1-2H3,(H,22,25)/t16-/m1/s1. The number of nitrogens with one attached hydrogen (secondary N) is 1. The maximum atomic E-state index is 12.6. The maximum Gasteiger partial charge on any atom is 0.252 e. The predicted octanol–water partition coefficient (Wildman–Crippen LogP) is 2.41. The molecule has 0 saturated carbocycles. The normalized spacial score (nSPS) is 17.5. The van der Waals surface area contributed by atoms with Gasteiger partial charge in [0.1, 0.15) is 0 Å². The van der Waals surface area contributed by atoms with Crippen molar-refractivity contribution in [2.45, 2.75) is 32.0 Å². The molecule has 27 heavy (non-hydrogen) atoms. The molecule has 1 fully saturated rings. The minimum Gasteiger partial charge on any atom is -0.493 e. The minimum atomic E-state index is -0.0561. The van der Waals surface area contributed by atoms with Crippen LogP contribution in [0.4, 0.5) is 0 Å². The molecule has 0 unspecified atom stereocenters. The Balaban J connectivity index is 1.61. The van der Waals surface area contributed by atoms with Crippen molar-refractivity contribution in [3.05, 3.63) is 52.6 Å². The summed E-state index contributed by atoms with van der Waals surface area (Å²) in [5, 5.41) is 5.25. The summed E-state index contributed by atoms with van der Waals surface area (Å²) in [7, 11) is 3.20. The van der Waals surface area contributed by atoms with E-state index in [0.29, 0.717) is 24.1 Å². The summed E-state index contributed by atoms with van der Waals surface area (Å²) in [6.45, 7) is 2.48. The molecule has 7 nitrogen and oxygen atoms in total. The summed E-state index contributed by atoms with van der Waals surface area (Å²) >= 11 is 0. The molecular formula is C20H24N4O3. The van der Waals surface area contributed by atoms with Gasteiger partial charge in [0.05, 0.1) is 26.3 Å². The first-order valence-corrected chi connectivity index (χ1v) is 9.17. The van der Waals surface area contributed by atoms with Gasteiger partial charge in [-0.05, 0) is 37.6 Å². The van der Waals surface area contributed by atoms with Gasteiger partial charge >= 0.3 is 0 Å². The number of benzene rings is 1. The number of pyridine rings is 1. The van der Waals surface area contributed by atoms with Crippen molar-refractivity contribution < 1.29 is 9.47 Å². The third kappa shape index (κ3) is 3.55. The topological polar surface area (TPSA) is 72.4 Å². The lowest BCUT2D eigenvalue weighted by Gasteiger charge is -2.24. The lowest BCUT2D eigenvalue weighted by molar-refractivity contribution is 0.218. The van der Waals surface area contributed by atoms with E-state index in [1.807, 2.05) is 29.1 Å². The van der Waals surface area contributed by atoms with Crippen LogP contribution in [0.15, 0.2) is 41.5 Å². The highest BCUT2D eigenvalue weighted by molar-refractivity contribution is 5.83. The van der Waals surface area contributed by atoms with Crippen molar-refractivity contribution >= 4 is 10.9 Å². The van der Waals surface area contributed by atoms with E-state index in [-0.39, 0.29) is 5.56 Å². The Morgan fingerprint density at radius 1 is 1.22 bits per heavy atom. The van der Waals surface area contributed by atoms with Crippen LogP contribution in [0, 0.1) is 0 Å². The summed E-state index contributed by atoms with van der Waals surface area (Å²) in [6.07, 6.45) is 6.05. The molecule has 1 N–H and O–H groups in total. The predicted molar refractivity (Wildman–Crippen MR) is 103 cm³/mol. The van der Waals surface area contributed by atoms with E-state index >= 15 is 0 Å². The third-order valence-corrected chi connectivity index (χ3v) is 5.25. The first kappa shape index (κ1) is 17.6. The van der Waals surface area contributed by atoms with Gasteiger partial charge < -0.3 is 14.5 Å². The van der Waals surface area contributed by atoms with Crippen molar-refractivity contribution in [1.29, 1.82) is 0 Å². The molecule has 7 heteroatoms. The summed E-state index contributed by atoms with van der Waals surface area (Å²) in [4.78, 5) is 18.0. The highest BCUT2D eigenvalue weighted by Gasteiger charge is 2.25. The molecule has 3 aromatic rings. The summed E-state index contributed by atoms with van der Waals surface area (Å²) in [6, 6.07) is 7.99. The van der Waals surface area contributed by atoms with Crippen molar-refractivity contribution in [2.75, 3.05) is 20.8 Å². The highest BCUT2D eigenvalue weighted by atomic mass is 16.5. The summed E-state index contributed by atoms with van der Waals surface area (Å²) in [5.41, 5.74) is 1.46. The van der Waals surface area contributed by atoms with Crippen LogP contribution in [0.1, 0.15) is 18.4 Å². The van der Waals surface area contributed by atoms with E-state index in [1.165, 1.54) is 0 Å². The molecule has 0 radical (unpaired) electrons. The van der Waals surface area contributed by atoms with Gasteiger partial charge in [0.15, 0.2) is 11.5 Å². The van der Waals surface area contributed by atoms with Crippen LogP contribution in [0.25, 0.3) is 10.9 Å². The van der Waals surface area contributed by atoms with Crippen LogP contribution in [0.5, 0.6) is 11.5 Å². The molecule has 1 aromatic carbocycles. The fourth-order valence-electron chi connectivity index (χ4n) is 3.85. The number of likely N-dealkylation sites (tertiary alicyclic amines) is 1. The number of ether oxygens (including phenoxy) is 2. The van der Waals surface area contributed by atoms with Gasteiger partial charge in [0.2, 0.25) is 0 Å². The number of fused-ring (bicyclic) bond motifs is 1. The third-order valence-electron chi connectivity index (χ3n) is 5.25. The molecule has 0 spiro atoms. The zero-order valence-corrected chi connectivity index (χ0v) is 15.6. The monoisotopic (exact) mass is 368 g/mol. The van der Waals surface area contributed by atoms with E-state index in [4.69, 9.17) is 9.47 Å². The molecule has 4 rings (SSSR count). The second-order valence-electron chi connectivity index (χ2n) is 6.91.